The number of hydrogen-bond donors (Lipinski definition) is 0. The highest BCUT2D eigenvalue weighted by molar-refractivity contribution is 6.31. The average molecular weight is 337 g/mol. The first kappa shape index (κ1) is 16.5. The molecule has 22 heavy (non-hydrogen) atoms. The number of esters is 1. The van der Waals surface area contributed by atoms with E-state index in [0.717, 1.165) is 0 Å². The molecular formula is C17H14Cl2O3. The molecule has 0 bridgehead atoms. The number of benzene rings is 2. The Labute approximate surface area is 138 Å². The second-order valence-electron chi connectivity index (χ2n) is 4.76. The quantitative estimate of drug-likeness (QED) is 0.595. The maximum absolute atomic E-state index is 12.4. The lowest BCUT2D eigenvalue weighted by Gasteiger charge is -2.14. The lowest BCUT2D eigenvalue weighted by Crippen LogP contribution is -2.18. The van der Waals surface area contributed by atoms with Gasteiger partial charge in [-0.1, -0.05) is 35.3 Å². The van der Waals surface area contributed by atoms with Crippen LogP contribution in [0.3, 0.4) is 0 Å². The summed E-state index contributed by atoms with van der Waals surface area (Å²) in [6.45, 7) is 0. The predicted molar refractivity (Wildman–Crippen MR) is 86.6 cm³/mol. The monoisotopic (exact) mass is 336 g/mol. The smallest absolute Gasteiger partial charge is 0.313 e. The second-order valence-corrected chi connectivity index (χ2v) is 5.64. The Morgan fingerprint density at radius 1 is 1.05 bits per heavy atom. The Morgan fingerprint density at radius 2 is 1.73 bits per heavy atom. The van der Waals surface area contributed by atoms with Crippen LogP contribution >= 0.6 is 23.2 Å². The fraction of sp³-hybridized carbons (Fsp3) is 0.176. The number of methoxy groups -OCH3 is 1. The van der Waals surface area contributed by atoms with Crippen LogP contribution in [0.15, 0.2) is 48.5 Å². The number of hydrogen-bond acceptors (Lipinski definition) is 3. The normalized spacial score (nSPS) is 11.8. The third-order valence-corrected chi connectivity index (χ3v) is 3.78. The minimum atomic E-state index is -0.688. The van der Waals surface area contributed by atoms with Crippen molar-refractivity contribution in [2.45, 2.75) is 12.3 Å². The van der Waals surface area contributed by atoms with Crippen LogP contribution in [0.2, 0.25) is 10.0 Å². The summed E-state index contributed by atoms with van der Waals surface area (Å²) in [6, 6.07) is 13.4. The van der Waals surface area contributed by atoms with E-state index >= 15 is 0 Å². The Bertz CT molecular complexity index is 681. The van der Waals surface area contributed by atoms with Gasteiger partial charge in [0.2, 0.25) is 0 Å². The minimum Gasteiger partial charge on any atom is -0.469 e. The zero-order chi connectivity index (χ0) is 16.1. The first-order chi connectivity index (χ1) is 10.5. The number of Topliss-reactive ketones (excluding diaryl/α,β-unsaturated/α-hetero) is 1. The van der Waals surface area contributed by atoms with Gasteiger partial charge in [0, 0.05) is 22.0 Å². The number of ketones is 1. The van der Waals surface area contributed by atoms with Crippen LogP contribution in [-0.4, -0.2) is 18.9 Å². The molecule has 2 aromatic carbocycles. The molecule has 0 aliphatic carbocycles. The van der Waals surface area contributed by atoms with Gasteiger partial charge in [-0.25, -0.2) is 0 Å². The molecule has 0 saturated carbocycles. The molecule has 0 aliphatic heterocycles. The summed E-state index contributed by atoms with van der Waals surface area (Å²) >= 11 is 11.8. The summed E-state index contributed by atoms with van der Waals surface area (Å²) in [6.07, 6.45) is 0.00858. The Morgan fingerprint density at radius 3 is 2.32 bits per heavy atom. The minimum absolute atomic E-state index is 0.00858. The topological polar surface area (TPSA) is 43.4 Å². The van der Waals surface area contributed by atoms with Gasteiger partial charge in [0.1, 0.15) is 0 Å². The second kappa shape index (κ2) is 7.43. The lowest BCUT2D eigenvalue weighted by atomic mass is 9.91. The van der Waals surface area contributed by atoms with Gasteiger partial charge in [-0.2, -0.15) is 0 Å². The van der Waals surface area contributed by atoms with E-state index in [9.17, 15) is 9.59 Å². The molecular weight excluding hydrogens is 323 g/mol. The molecule has 5 heteroatoms. The molecule has 0 radical (unpaired) electrons. The maximum Gasteiger partial charge on any atom is 0.313 e. The zero-order valence-corrected chi connectivity index (χ0v) is 13.4. The Kier molecular flexibility index (Phi) is 5.58. The van der Waals surface area contributed by atoms with Crippen LogP contribution < -0.4 is 0 Å². The van der Waals surface area contributed by atoms with Crippen LogP contribution in [0.5, 0.6) is 0 Å². The van der Waals surface area contributed by atoms with Crippen LogP contribution in [0.4, 0.5) is 0 Å². The van der Waals surface area contributed by atoms with Gasteiger partial charge in [-0.3, -0.25) is 9.59 Å². The van der Waals surface area contributed by atoms with Crippen molar-refractivity contribution in [3.05, 3.63) is 69.7 Å². The zero-order valence-electron chi connectivity index (χ0n) is 11.9. The summed E-state index contributed by atoms with van der Waals surface area (Å²) in [4.78, 5) is 24.4. The maximum atomic E-state index is 12.4. The van der Waals surface area contributed by atoms with Crippen molar-refractivity contribution in [1.29, 1.82) is 0 Å². The molecule has 114 valence electrons. The van der Waals surface area contributed by atoms with Crippen molar-refractivity contribution >= 4 is 35.0 Å². The van der Waals surface area contributed by atoms with Gasteiger partial charge >= 0.3 is 5.97 Å². The van der Waals surface area contributed by atoms with Crippen LogP contribution in [0.25, 0.3) is 0 Å². The fourth-order valence-electron chi connectivity index (χ4n) is 2.14. The highest BCUT2D eigenvalue weighted by Gasteiger charge is 2.25. The summed E-state index contributed by atoms with van der Waals surface area (Å²) in [7, 11) is 1.30. The Hall–Kier alpha value is -1.84. The van der Waals surface area contributed by atoms with Crippen molar-refractivity contribution in [3.8, 4) is 0 Å². The molecule has 0 aromatic heterocycles. The molecule has 0 N–H and O–H groups in total. The summed E-state index contributed by atoms with van der Waals surface area (Å²) in [5.41, 5.74) is 1.15. The van der Waals surface area contributed by atoms with Gasteiger partial charge in [0.05, 0.1) is 13.0 Å². The van der Waals surface area contributed by atoms with Crippen LogP contribution in [0.1, 0.15) is 28.3 Å². The largest absolute Gasteiger partial charge is 0.469 e. The van der Waals surface area contributed by atoms with Crippen molar-refractivity contribution in [1.82, 2.24) is 0 Å². The van der Waals surface area contributed by atoms with Gasteiger partial charge in [-0.05, 0) is 42.0 Å². The number of halogens is 2. The Balaban J connectivity index is 2.25. The molecule has 2 aromatic rings. The van der Waals surface area contributed by atoms with Crippen molar-refractivity contribution in [2.24, 2.45) is 0 Å². The van der Waals surface area contributed by atoms with E-state index in [4.69, 9.17) is 27.9 Å². The molecule has 0 heterocycles. The molecule has 1 unspecified atom stereocenters. The highest BCUT2D eigenvalue weighted by atomic mass is 35.5. The molecule has 0 amide bonds. The van der Waals surface area contributed by atoms with E-state index < -0.39 is 11.9 Å². The van der Waals surface area contributed by atoms with Gasteiger partial charge in [-0.15, -0.1) is 0 Å². The lowest BCUT2D eigenvalue weighted by molar-refractivity contribution is -0.142. The van der Waals surface area contributed by atoms with E-state index in [-0.39, 0.29) is 12.2 Å². The number of carbonyl (C=O) groups is 2. The SMILES string of the molecule is COC(=O)C(CC(=O)c1ccc(Cl)cc1)c1cccc(Cl)c1. The van der Waals surface area contributed by atoms with Crippen molar-refractivity contribution < 1.29 is 14.3 Å². The average Bonchev–Trinajstić information content (AvgIpc) is 2.52. The number of carbonyl (C=O) groups excluding carboxylic acids is 2. The number of rotatable bonds is 5. The van der Waals surface area contributed by atoms with Crippen molar-refractivity contribution in [2.75, 3.05) is 7.11 Å². The summed E-state index contributed by atoms with van der Waals surface area (Å²) in [5, 5.41) is 1.06. The third-order valence-electron chi connectivity index (χ3n) is 3.29. The molecule has 1 atom stereocenters. The summed E-state index contributed by atoms with van der Waals surface area (Å²) < 4.78 is 4.81. The molecule has 0 aliphatic rings. The van der Waals surface area contributed by atoms with Crippen LogP contribution in [-0.2, 0) is 9.53 Å². The predicted octanol–water partition coefficient (Wildman–Crippen LogP) is 4.52. The fourth-order valence-corrected chi connectivity index (χ4v) is 2.47. The van der Waals surface area contributed by atoms with E-state index in [1.54, 1.807) is 48.5 Å². The third kappa shape index (κ3) is 4.09. The van der Waals surface area contributed by atoms with E-state index in [0.29, 0.717) is 21.2 Å². The molecule has 0 saturated heterocycles. The van der Waals surface area contributed by atoms with Crippen LogP contribution in [0, 0.1) is 0 Å². The highest BCUT2D eigenvalue weighted by Crippen LogP contribution is 2.26. The van der Waals surface area contributed by atoms with E-state index in [1.165, 1.54) is 7.11 Å². The van der Waals surface area contributed by atoms with E-state index in [1.807, 2.05) is 0 Å². The van der Waals surface area contributed by atoms with Gasteiger partial charge < -0.3 is 4.74 Å². The molecule has 0 spiro atoms. The number of ether oxygens (including phenoxy) is 1. The van der Waals surface area contributed by atoms with Gasteiger partial charge in [0.15, 0.2) is 5.78 Å². The van der Waals surface area contributed by atoms with Crippen molar-refractivity contribution in [3.63, 3.8) is 0 Å². The van der Waals surface area contributed by atoms with Gasteiger partial charge in [0.25, 0.3) is 0 Å². The van der Waals surface area contributed by atoms with E-state index in [2.05, 4.69) is 0 Å². The summed E-state index contributed by atoms with van der Waals surface area (Å²) in [5.74, 6) is -1.32. The first-order valence-electron chi connectivity index (χ1n) is 6.63. The molecule has 3 nitrogen and oxygen atoms in total. The molecule has 0 fully saturated rings. The standard InChI is InChI=1S/C17H14Cl2O3/c1-22-17(21)15(12-3-2-4-14(19)9-12)10-16(20)11-5-7-13(18)8-6-11/h2-9,15H,10H2,1H3. The molecule has 2 rings (SSSR count). The first-order valence-corrected chi connectivity index (χ1v) is 7.39.